The van der Waals surface area contributed by atoms with Crippen molar-refractivity contribution in [3.05, 3.63) is 0 Å². The number of carbonyl (C=O) groups is 1. The molecule has 27 heavy (non-hydrogen) atoms. The number of rotatable bonds is 6. The van der Waals surface area contributed by atoms with Crippen molar-refractivity contribution in [2.45, 2.75) is 77.9 Å². The lowest BCUT2D eigenvalue weighted by Gasteiger charge is -2.40. The summed E-state index contributed by atoms with van der Waals surface area (Å²) in [6, 6.07) is 0.281. The van der Waals surface area contributed by atoms with Crippen molar-refractivity contribution < 1.29 is 9.53 Å². The van der Waals surface area contributed by atoms with Crippen LogP contribution in [0, 0.1) is 11.8 Å². The number of ether oxygens (including phenoxy) is 1. The minimum atomic E-state index is -0.437. The van der Waals surface area contributed by atoms with Gasteiger partial charge in [0.2, 0.25) is 0 Å². The Hall–Kier alpha value is -1.46. The van der Waals surface area contributed by atoms with Crippen molar-refractivity contribution in [3.63, 3.8) is 0 Å². The molecule has 1 aliphatic heterocycles. The lowest BCUT2D eigenvalue weighted by molar-refractivity contribution is 0.00928. The number of amides is 1. The van der Waals surface area contributed by atoms with Gasteiger partial charge >= 0.3 is 6.09 Å². The van der Waals surface area contributed by atoms with Crippen molar-refractivity contribution in [3.8, 4) is 0 Å². The third-order valence-electron chi connectivity index (χ3n) is 5.52. The SMILES string of the molecule is CCNC(=NCC1CC1)N1CCC(N(CC2CC2)C(=O)OC(C)(C)C)CC1. The predicted molar refractivity (Wildman–Crippen MR) is 109 cm³/mol. The molecule has 1 saturated heterocycles. The molecular weight excluding hydrogens is 340 g/mol. The van der Waals surface area contributed by atoms with Crippen LogP contribution < -0.4 is 5.32 Å². The van der Waals surface area contributed by atoms with Crippen LogP contribution in [0.15, 0.2) is 4.99 Å². The Morgan fingerprint density at radius 3 is 2.26 bits per heavy atom. The van der Waals surface area contributed by atoms with Gasteiger partial charge in [0.05, 0.1) is 0 Å². The van der Waals surface area contributed by atoms with Gasteiger partial charge in [-0.2, -0.15) is 0 Å². The third kappa shape index (κ3) is 6.58. The van der Waals surface area contributed by atoms with E-state index < -0.39 is 5.60 Å². The molecule has 0 unspecified atom stereocenters. The van der Waals surface area contributed by atoms with E-state index in [4.69, 9.17) is 9.73 Å². The standard InChI is InChI=1S/C21H38N4O2/c1-5-22-19(23-14-16-6-7-16)24-12-10-18(11-13-24)25(15-17-8-9-17)20(26)27-21(2,3)4/h16-18H,5-15H2,1-4H3,(H,22,23). The Morgan fingerprint density at radius 2 is 1.74 bits per heavy atom. The van der Waals surface area contributed by atoms with Crippen molar-refractivity contribution in [1.29, 1.82) is 0 Å². The molecule has 6 nitrogen and oxygen atoms in total. The highest BCUT2D eigenvalue weighted by Gasteiger charge is 2.35. The van der Waals surface area contributed by atoms with E-state index in [0.717, 1.165) is 57.4 Å². The van der Waals surface area contributed by atoms with Gasteiger partial charge in [0, 0.05) is 38.8 Å². The van der Waals surface area contributed by atoms with Gasteiger partial charge in [0.25, 0.3) is 0 Å². The first-order valence-corrected chi connectivity index (χ1v) is 10.9. The normalized spacial score (nSPS) is 21.9. The van der Waals surface area contributed by atoms with Gasteiger partial charge in [-0.15, -0.1) is 0 Å². The Morgan fingerprint density at radius 1 is 1.11 bits per heavy atom. The average Bonchev–Trinajstić information content (AvgIpc) is 3.50. The fourth-order valence-corrected chi connectivity index (χ4v) is 3.60. The van der Waals surface area contributed by atoms with Crippen molar-refractivity contribution in [2.24, 2.45) is 16.8 Å². The van der Waals surface area contributed by atoms with Gasteiger partial charge < -0.3 is 19.9 Å². The lowest BCUT2D eigenvalue weighted by atomic mass is 10.0. The summed E-state index contributed by atoms with van der Waals surface area (Å²) in [5.74, 6) is 2.53. The first kappa shape index (κ1) is 20.3. The molecular formula is C21H38N4O2. The van der Waals surface area contributed by atoms with E-state index in [2.05, 4.69) is 17.1 Å². The van der Waals surface area contributed by atoms with E-state index >= 15 is 0 Å². The summed E-state index contributed by atoms with van der Waals surface area (Å²) >= 11 is 0. The van der Waals surface area contributed by atoms with Crippen LogP contribution in [0.4, 0.5) is 4.79 Å². The second-order valence-electron chi connectivity index (χ2n) is 9.43. The number of nitrogens with one attached hydrogen (secondary N) is 1. The Balaban J connectivity index is 1.56. The number of piperidine rings is 1. The summed E-state index contributed by atoms with van der Waals surface area (Å²) < 4.78 is 5.70. The van der Waals surface area contributed by atoms with E-state index in [1.54, 1.807) is 0 Å². The Labute approximate surface area is 164 Å². The van der Waals surface area contributed by atoms with Crippen molar-refractivity contribution in [1.82, 2.24) is 15.1 Å². The topological polar surface area (TPSA) is 57.2 Å². The Bertz CT molecular complexity index is 527. The summed E-state index contributed by atoms with van der Waals surface area (Å²) in [6.45, 7) is 12.6. The van der Waals surface area contributed by atoms with Gasteiger partial charge in [-0.3, -0.25) is 4.99 Å². The number of guanidine groups is 1. The molecule has 6 heteroatoms. The number of hydrogen-bond acceptors (Lipinski definition) is 3. The van der Waals surface area contributed by atoms with Crippen molar-refractivity contribution >= 4 is 12.1 Å². The summed E-state index contributed by atoms with van der Waals surface area (Å²) in [5.41, 5.74) is -0.437. The lowest BCUT2D eigenvalue weighted by Crippen LogP contribution is -2.52. The molecule has 1 amide bonds. The van der Waals surface area contributed by atoms with E-state index in [0.29, 0.717) is 5.92 Å². The second-order valence-corrected chi connectivity index (χ2v) is 9.43. The molecule has 2 saturated carbocycles. The smallest absolute Gasteiger partial charge is 0.410 e. The zero-order chi connectivity index (χ0) is 19.4. The zero-order valence-corrected chi connectivity index (χ0v) is 17.7. The van der Waals surface area contributed by atoms with Crippen LogP contribution in [0.2, 0.25) is 0 Å². The highest BCUT2D eigenvalue weighted by Crippen LogP contribution is 2.32. The van der Waals surface area contributed by atoms with Crippen molar-refractivity contribution in [2.75, 3.05) is 32.7 Å². The maximum absolute atomic E-state index is 12.8. The van der Waals surface area contributed by atoms with E-state index in [1.807, 2.05) is 25.7 Å². The summed E-state index contributed by atoms with van der Waals surface area (Å²) in [4.78, 5) is 22.0. The molecule has 3 rings (SSSR count). The molecule has 0 aromatic heterocycles. The summed E-state index contributed by atoms with van der Waals surface area (Å²) in [6.07, 6.45) is 6.99. The fourth-order valence-electron chi connectivity index (χ4n) is 3.60. The molecule has 154 valence electrons. The van der Waals surface area contributed by atoms with Crippen LogP contribution in [0.25, 0.3) is 0 Å². The van der Waals surface area contributed by atoms with E-state index in [1.165, 1.54) is 25.7 Å². The summed E-state index contributed by atoms with van der Waals surface area (Å²) in [7, 11) is 0. The quantitative estimate of drug-likeness (QED) is 0.568. The monoisotopic (exact) mass is 378 g/mol. The van der Waals surface area contributed by atoms with Crippen LogP contribution in [-0.4, -0.2) is 66.2 Å². The number of aliphatic imine (C=N–C) groups is 1. The van der Waals surface area contributed by atoms with Gasteiger partial charge in [-0.25, -0.2) is 4.79 Å². The molecule has 0 radical (unpaired) electrons. The molecule has 0 bridgehead atoms. The van der Waals surface area contributed by atoms with Crippen LogP contribution in [-0.2, 0) is 4.74 Å². The van der Waals surface area contributed by atoms with Crippen LogP contribution >= 0.6 is 0 Å². The maximum atomic E-state index is 12.8. The molecule has 0 aromatic rings. The van der Waals surface area contributed by atoms with Crippen LogP contribution in [0.5, 0.6) is 0 Å². The zero-order valence-electron chi connectivity index (χ0n) is 17.7. The average molecular weight is 379 g/mol. The first-order valence-electron chi connectivity index (χ1n) is 10.9. The molecule has 1 N–H and O–H groups in total. The molecule has 2 aliphatic carbocycles. The largest absolute Gasteiger partial charge is 0.444 e. The predicted octanol–water partition coefficient (Wildman–Crippen LogP) is 3.47. The molecule has 1 heterocycles. The first-order chi connectivity index (χ1) is 12.9. The number of hydrogen-bond donors (Lipinski definition) is 1. The van der Waals surface area contributed by atoms with Gasteiger partial charge in [0.1, 0.15) is 5.60 Å². The number of likely N-dealkylation sites (tertiary alicyclic amines) is 1. The maximum Gasteiger partial charge on any atom is 0.410 e. The molecule has 3 fully saturated rings. The number of carbonyl (C=O) groups excluding carboxylic acids is 1. The highest BCUT2D eigenvalue weighted by molar-refractivity contribution is 5.80. The number of nitrogens with zero attached hydrogens (tertiary/aromatic N) is 3. The van der Waals surface area contributed by atoms with Crippen LogP contribution in [0.1, 0.15) is 66.2 Å². The third-order valence-corrected chi connectivity index (χ3v) is 5.52. The molecule has 0 spiro atoms. The fraction of sp³-hybridized carbons (Fsp3) is 0.905. The minimum Gasteiger partial charge on any atom is -0.444 e. The minimum absolute atomic E-state index is 0.137. The van der Waals surface area contributed by atoms with E-state index in [-0.39, 0.29) is 12.1 Å². The summed E-state index contributed by atoms with van der Waals surface area (Å²) in [5, 5.41) is 3.45. The molecule has 0 atom stereocenters. The highest BCUT2D eigenvalue weighted by atomic mass is 16.6. The van der Waals surface area contributed by atoms with Gasteiger partial charge in [0.15, 0.2) is 5.96 Å². The van der Waals surface area contributed by atoms with Gasteiger partial charge in [-0.05, 0) is 78.1 Å². The molecule has 0 aromatic carbocycles. The second kappa shape index (κ2) is 8.70. The van der Waals surface area contributed by atoms with Gasteiger partial charge in [-0.1, -0.05) is 0 Å². The van der Waals surface area contributed by atoms with Crippen LogP contribution in [0.3, 0.4) is 0 Å². The molecule has 3 aliphatic rings. The van der Waals surface area contributed by atoms with E-state index in [9.17, 15) is 4.79 Å². The Kier molecular flexibility index (Phi) is 6.53.